The second-order valence-electron chi connectivity index (χ2n) is 7.16. The monoisotopic (exact) mass is 414 g/mol. The number of sulfonamides is 1. The summed E-state index contributed by atoms with van der Waals surface area (Å²) in [7, 11) is -1.91. The van der Waals surface area contributed by atoms with Crippen molar-refractivity contribution < 1.29 is 17.3 Å². The van der Waals surface area contributed by atoms with Crippen LogP contribution in [0.2, 0.25) is 0 Å². The van der Waals surface area contributed by atoms with Gasteiger partial charge in [0.1, 0.15) is 17.0 Å². The number of hydrogen-bond acceptors (Lipinski definition) is 7. The van der Waals surface area contributed by atoms with Gasteiger partial charge in [0.15, 0.2) is 17.1 Å². The summed E-state index contributed by atoms with van der Waals surface area (Å²) in [6, 6.07) is 3.25. The minimum Gasteiger partial charge on any atom is -0.458 e. The van der Waals surface area contributed by atoms with Gasteiger partial charge in [-0.2, -0.15) is 0 Å². The molecule has 0 aromatic carbocycles. The van der Waals surface area contributed by atoms with Crippen LogP contribution in [0.15, 0.2) is 38.2 Å². The number of fused-ring (bicyclic) bond motifs is 2. The summed E-state index contributed by atoms with van der Waals surface area (Å²) < 4.78 is 39.4. The molecule has 150 valence electrons. The molecule has 4 aromatic heterocycles. The van der Waals surface area contributed by atoms with Crippen LogP contribution in [0.3, 0.4) is 0 Å². The molecule has 1 aliphatic rings. The van der Waals surface area contributed by atoms with E-state index in [0.717, 1.165) is 12.8 Å². The van der Waals surface area contributed by atoms with Crippen molar-refractivity contribution in [2.75, 3.05) is 10.5 Å². The van der Waals surface area contributed by atoms with E-state index in [0.29, 0.717) is 33.6 Å². The summed E-state index contributed by atoms with van der Waals surface area (Å²) in [5, 5.41) is 0.571. The van der Waals surface area contributed by atoms with Crippen LogP contribution in [-0.2, 0) is 17.1 Å². The predicted octanol–water partition coefficient (Wildman–Crippen LogP) is 2.97. The fraction of sp³-hybridized carbons (Fsp3) is 0.316. The van der Waals surface area contributed by atoms with E-state index in [9.17, 15) is 13.2 Å². The number of rotatable bonds is 5. The Hall–Kier alpha value is -3.14. The maximum atomic E-state index is 12.4. The zero-order valence-electron chi connectivity index (χ0n) is 15.8. The van der Waals surface area contributed by atoms with Gasteiger partial charge in [-0.15, -0.1) is 0 Å². The van der Waals surface area contributed by atoms with Crippen LogP contribution in [0.1, 0.15) is 31.6 Å². The first-order valence-electron chi connectivity index (χ1n) is 9.25. The normalized spacial score (nSPS) is 14.7. The topological polar surface area (TPSA) is 120 Å². The maximum Gasteiger partial charge on any atom is 0.293 e. The molecule has 0 atom stereocenters. The van der Waals surface area contributed by atoms with E-state index in [2.05, 4.69) is 14.7 Å². The van der Waals surface area contributed by atoms with Crippen LogP contribution in [0.25, 0.3) is 33.3 Å². The molecule has 1 aliphatic carbocycles. The van der Waals surface area contributed by atoms with E-state index in [1.54, 1.807) is 32.3 Å². The molecule has 10 heteroatoms. The molecule has 4 aromatic rings. The lowest BCUT2D eigenvalue weighted by Crippen LogP contribution is -2.17. The summed E-state index contributed by atoms with van der Waals surface area (Å²) in [4.78, 5) is 21.4. The molecule has 0 bridgehead atoms. The second-order valence-corrected chi connectivity index (χ2v) is 9.17. The Morgan fingerprint density at radius 2 is 2.07 bits per heavy atom. The average Bonchev–Trinajstić information content (AvgIpc) is 3.25. The summed E-state index contributed by atoms with van der Waals surface area (Å²) in [6.45, 7) is 1.55. The molecule has 0 aliphatic heterocycles. The van der Waals surface area contributed by atoms with E-state index >= 15 is 0 Å². The molecule has 29 heavy (non-hydrogen) atoms. The van der Waals surface area contributed by atoms with Gasteiger partial charge in [-0.3, -0.25) is 9.52 Å². The van der Waals surface area contributed by atoms with Crippen molar-refractivity contribution >= 4 is 37.9 Å². The summed E-state index contributed by atoms with van der Waals surface area (Å²) in [5.41, 5.74) is 1.88. The van der Waals surface area contributed by atoms with E-state index in [1.807, 2.05) is 0 Å². The van der Waals surface area contributed by atoms with Gasteiger partial charge in [0.2, 0.25) is 10.0 Å². The van der Waals surface area contributed by atoms with Crippen molar-refractivity contribution in [3.8, 4) is 11.3 Å². The van der Waals surface area contributed by atoms with Crippen LogP contribution >= 0.6 is 0 Å². The first kappa shape index (κ1) is 17.9. The van der Waals surface area contributed by atoms with Crippen molar-refractivity contribution in [2.24, 2.45) is 7.05 Å². The minimum atomic E-state index is -3.53. The van der Waals surface area contributed by atoms with Crippen molar-refractivity contribution in [2.45, 2.75) is 25.7 Å². The highest BCUT2D eigenvalue weighted by Crippen LogP contribution is 2.42. The molecular weight excluding hydrogens is 396 g/mol. The van der Waals surface area contributed by atoms with Crippen LogP contribution in [0.5, 0.6) is 0 Å². The third kappa shape index (κ3) is 3.00. The Morgan fingerprint density at radius 1 is 1.28 bits per heavy atom. The Labute approximate surface area is 165 Å². The SMILES string of the molecule is CCS(=O)(=O)Nc1cc2nc(C3CC3)oc2c(-c2cn(C)c(=O)c3occc23)n1. The van der Waals surface area contributed by atoms with Gasteiger partial charge in [0, 0.05) is 36.2 Å². The van der Waals surface area contributed by atoms with Gasteiger partial charge in [0.25, 0.3) is 5.56 Å². The molecule has 1 saturated carbocycles. The lowest BCUT2D eigenvalue weighted by atomic mass is 10.1. The maximum absolute atomic E-state index is 12.4. The molecule has 0 amide bonds. The number of furan rings is 1. The molecular formula is C19H18N4O5S. The number of aromatic nitrogens is 3. The van der Waals surface area contributed by atoms with Crippen LogP contribution in [-0.4, -0.2) is 28.7 Å². The third-order valence-corrected chi connectivity index (χ3v) is 6.29. The van der Waals surface area contributed by atoms with Crippen LogP contribution < -0.4 is 10.3 Å². The van der Waals surface area contributed by atoms with Crippen LogP contribution in [0, 0.1) is 0 Å². The smallest absolute Gasteiger partial charge is 0.293 e. The fourth-order valence-electron chi connectivity index (χ4n) is 3.28. The largest absolute Gasteiger partial charge is 0.458 e. The van der Waals surface area contributed by atoms with Gasteiger partial charge in [-0.25, -0.2) is 18.4 Å². The van der Waals surface area contributed by atoms with E-state index in [-0.39, 0.29) is 28.6 Å². The Morgan fingerprint density at radius 3 is 2.79 bits per heavy atom. The molecule has 0 unspecified atom stereocenters. The molecule has 4 heterocycles. The van der Waals surface area contributed by atoms with Gasteiger partial charge in [0.05, 0.1) is 12.0 Å². The number of nitrogens with zero attached hydrogens (tertiary/aromatic N) is 3. The van der Waals surface area contributed by atoms with E-state index < -0.39 is 10.0 Å². The summed E-state index contributed by atoms with van der Waals surface area (Å²) in [5.74, 6) is 0.961. The number of hydrogen-bond donors (Lipinski definition) is 1. The lowest BCUT2D eigenvalue weighted by Gasteiger charge is -2.09. The van der Waals surface area contributed by atoms with E-state index in [4.69, 9.17) is 8.83 Å². The molecule has 9 nitrogen and oxygen atoms in total. The molecule has 1 N–H and O–H groups in total. The highest BCUT2D eigenvalue weighted by molar-refractivity contribution is 7.92. The highest BCUT2D eigenvalue weighted by Gasteiger charge is 2.30. The summed E-state index contributed by atoms with van der Waals surface area (Å²) in [6.07, 6.45) is 5.10. The lowest BCUT2D eigenvalue weighted by molar-refractivity contribution is 0.533. The van der Waals surface area contributed by atoms with Crippen molar-refractivity contribution in [1.82, 2.24) is 14.5 Å². The average molecular weight is 414 g/mol. The van der Waals surface area contributed by atoms with Gasteiger partial charge in [-0.05, 0) is 25.8 Å². The molecule has 0 radical (unpaired) electrons. The van der Waals surface area contributed by atoms with Gasteiger partial charge >= 0.3 is 0 Å². The number of oxazole rings is 1. The number of nitrogens with one attached hydrogen (secondary N) is 1. The fourth-order valence-corrected chi connectivity index (χ4v) is 3.85. The van der Waals surface area contributed by atoms with Gasteiger partial charge < -0.3 is 13.4 Å². The number of pyridine rings is 2. The molecule has 0 saturated heterocycles. The molecule has 1 fully saturated rings. The second kappa shape index (κ2) is 6.18. The standard InChI is InChI=1S/C19H18N4O5S/c1-3-29(25,26)22-14-8-13-17(28-18(20-13)10-4-5-10)15(21-14)12-9-23(2)19(24)16-11(12)6-7-27-16/h6-10H,3-5H2,1-2H3,(H,21,22). The molecule has 0 spiro atoms. The van der Waals surface area contributed by atoms with Crippen molar-refractivity contribution in [3.63, 3.8) is 0 Å². The zero-order chi connectivity index (χ0) is 20.3. The zero-order valence-corrected chi connectivity index (χ0v) is 16.6. The Bertz CT molecular complexity index is 1430. The molecule has 5 rings (SSSR count). The Kier molecular flexibility index (Phi) is 3.82. The number of anilines is 1. The Balaban J connectivity index is 1.81. The minimum absolute atomic E-state index is 0.0833. The quantitative estimate of drug-likeness (QED) is 0.533. The van der Waals surface area contributed by atoms with Crippen LogP contribution in [0.4, 0.5) is 5.82 Å². The number of aryl methyl sites for hydroxylation is 1. The highest BCUT2D eigenvalue weighted by atomic mass is 32.2. The van der Waals surface area contributed by atoms with Crippen molar-refractivity contribution in [3.05, 3.63) is 40.8 Å². The van der Waals surface area contributed by atoms with Gasteiger partial charge in [-0.1, -0.05) is 0 Å². The van der Waals surface area contributed by atoms with E-state index in [1.165, 1.54) is 10.8 Å². The predicted molar refractivity (Wildman–Crippen MR) is 107 cm³/mol. The first-order valence-corrected chi connectivity index (χ1v) is 10.9. The summed E-state index contributed by atoms with van der Waals surface area (Å²) >= 11 is 0. The van der Waals surface area contributed by atoms with Crippen molar-refractivity contribution in [1.29, 1.82) is 0 Å². The first-order chi connectivity index (χ1) is 13.9. The third-order valence-electron chi connectivity index (χ3n) is 5.01.